The molecule has 0 rings (SSSR count). The molecule has 1 atom stereocenters. The van der Waals surface area contributed by atoms with Crippen molar-refractivity contribution in [3.63, 3.8) is 0 Å². The topological polar surface area (TPSA) is 86.6 Å². The fourth-order valence-electron chi connectivity index (χ4n) is 0.676. The lowest BCUT2D eigenvalue weighted by molar-refractivity contribution is -0.141. The van der Waals surface area contributed by atoms with Crippen LogP contribution >= 0.6 is 0 Å². The molecule has 0 unspecified atom stereocenters. The summed E-state index contributed by atoms with van der Waals surface area (Å²) in [4.78, 5) is 21.0. The van der Waals surface area contributed by atoms with Gasteiger partial charge in [0.2, 0.25) is 5.91 Å². The van der Waals surface area contributed by atoms with Crippen LogP contribution in [-0.2, 0) is 9.59 Å². The predicted molar refractivity (Wildman–Crippen MR) is 44.7 cm³/mol. The molecule has 5 heteroatoms. The van der Waals surface area contributed by atoms with E-state index in [9.17, 15) is 9.59 Å². The monoisotopic (exact) mass is 185 g/mol. The van der Waals surface area contributed by atoms with Crippen LogP contribution in [0.1, 0.15) is 13.3 Å². The van der Waals surface area contributed by atoms with E-state index < -0.39 is 17.9 Å². The van der Waals surface area contributed by atoms with Crippen LogP contribution in [0.4, 0.5) is 0 Å². The highest BCUT2D eigenvalue weighted by Crippen LogP contribution is 1.90. The SMILES string of the molecule is CC(=O)N[C@@H](CC#CCO)C(=O)O. The van der Waals surface area contributed by atoms with Crippen molar-refractivity contribution in [2.75, 3.05) is 6.61 Å². The molecule has 0 fully saturated rings. The maximum absolute atomic E-state index is 10.5. The van der Waals surface area contributed by atoms with Crippen molar-refractivity contribution in [3.8, 4) is 11.8 Å². The summed E-state index contributed by atoms with van der Waals surface area (Å²) in [6.07, 6.45) is -0.00449. The lowest BCUT2D eigenvalue weighted by Gasteiger charge is -2.08. The average molecular weight is 185 g/mol. The molecule has 72 valence electrons. The molecule has 1 amide bonds. The number of nitrogens with one attached hydrogen (secondary N) is 1. The van der Waals surface area contributed by atoms with Gasteiger partial charge in [-0.3, -0.25) is 4.79 Å². The molecule has 0 heterocycles. The highest BCUT2D eigenvalue weighted by molar-refractivity contribution is 5.82. The number of hydrogen-bond acceptors (Lipinski definition) is 3. The molecule has 0 aliphatic heterocycles. The van der Waals surface area contributed by atoms with Crippen LogP contribution < -0.4 is 5.32 Å². The first-order chi connectivity index (χ1) is 6.07. The minimum Gasteiger partial charge on any atom is -0.480 e. The van der Waals surface area contributed by atoms with Crippen LogP contribution in [0.3, 0.4) is 0 Å². The van der Waals surface area contributed by atoms with E-state index in [-0.39, 0.29) is 13.0 Å². The molecule has 0 aromatic carbocycles. The smallest absolute Gasteiger partial charge is 0.327 e. The van der Waals surface area contributed by atoms with Crippen LogP contribution in [-0.4, -0.2) is 34.7 Å². The Morgan fingerprint density at radius 1 is 1.46 bits per heavy atom. The first kappa shape index (κ1) is 11.5. The van der Waals surface area contributed by atoms with E-state index in [1.165, 1.54) is 6.92 Å². The lowest BCUT2D eigenvalue weighted by atomic mass is 10.2. The molecule has 0 aromatic rings. The molecule has 0 saturated heterocycles. The second kappa shape index (κ2) is 6.03. The van der Waals surface area contributed by atoms with Crippen LogP contribution in [0.25, 0.3) is 0 Å². The fraction of sp³-hybridized carbons (Fsp3) is 0.500. The number of aliphatic carboxylic acids is 1. The minimum absolute atomic E-state index is 0.00449. The molecule has 13 heavy (non-hydrogen) atoms. The Hall–Kier alpha value is -1.54. The predicted octanol–water partition coefficient (Wildman–Crippen LogP) is -1.04. The molecule has 0 radical (unpaired) electrons. The molecule has 0 aliphatic rings. The first-order valence-corrected chi connectivity index (χ1v) is 3.64. The summed E-state index contributed by atoms with van der Waals surface area (Å²) in [7, 11) is 0. The lowest BCUT2D eigenvalue weighted by Crippen LogP contribution is -2.39. The van der Waals surface area contributed by atoms with E-state index in [0.717, 1.165) is 0 Å². The van der Waals surface area contributed by atoms with E-state index in [0.29, 0.717) is 0 Å². The zero-order valence-electron chi connectivity index (χ0n) is 7.20. The number of carboxylic acid groups (broad SMARTS) is 1. The van der Waals surface area contributed by atoms with E-state index in [1.807, 2.05) is 0 Å². The Labute approximate surface area is 75.8 Å². The molecule has 0 saturated carbocycles. The van der Waals surface area contributed by atoms with Gasteiger partial charge < -0.3 is 15.5 Å². The van der Waals surface area contributed by atoms with Gasteiger partial charge in [0.05, 0.1) is 0 Å². The van der Waals surface area contributed by atoms with Crippen molar-refractivity contribution in [3.05, 3.63) is 0 Å². The van der Waals surface area contributed by atoms with Gasteiger partial charge in [0.25, 0.3) is 0 Å². The summed E-state index contributed by atoms with van der Waals surface area (Å²) < 4.78 is 0. The Morgan fingerprint density at radius 2 is 2.08 bits per heavy atom. The number of aliphatic hydroxyl groups excluding tert-OH is 1. The normalized spacial score (nSPS) is 10.9. The number of hydrogen-bond donors (Lipinski definition) is 3. The van der Waals surface area contributed by atoms with Gasteiger partial charge in [-0.2, -0.15) is 0 Å². The summed E-state index contributed by atoms with van der Waals surface area (Å²) in [6.45, 7) is 0.918. The van der Waals surface area contributed by atoms with Crippen molar-refractivity contribution in [1.82, 2.24) is 5.32 Å². The summed E-state index contributed by atoms with van der Waals surface area (Å²) in [6, 6.07) is -1.00. The molecular formula is C8H11NO4. The van der Waals surface area contributed by atoms with E-state index in [1.54, 1.807) is 0 Å². The standard InChI is InChI=1S/C8H11NO4/c1-6(11)9-7(8(12)13)4-2-3-5-10/h7,10H,4-5H2,1H3,(H,9,11)(H,12,13)/t7-/m0/s1. The number of aliphatic hydroxyl groups is 1. The van der Waals surface area contributed by atoms with Gasteiger partial charge in [-0.1, -0.05) is 11.8 Å². The zero-order chi connectivity index (χ0) is 10.3. The Balaban J connectivity index is 4.10. The van der Waals surface area contributed by atoms with Crippen molar-refractivity contribution in [2.45, 2.75) is 19.4 Å². The summed E-state index contributed by atoms with van der Waals surface area (Å²) >= 11 is 0. The summed E-state index contributed by atoms with van der Waals surface area (Å²) in [5, 5.41) is 19.1. The number of amides is 1. The maximum Gasteiger partial charge on any atom is 0.327 e. The van der Waals surface area contributed by atoms with Crippen molar-refractivity contribution >= 4 is 11.9 Å². The van der Waals surface area contributed by atoms with Crippen LogP contribution in [0.15, 0.2) is 0 Å². The van der Waals surface area contributed by atoms with E-state index >= 15 is 0 Å². The van der Waals surface area contributed by atoms with Crippen molar-refractivity contribution < 1.29 is 19.8 Å². The second-order valence-corrected chi connectivity index (χ2v) is 2.31. The van der Waals surface area contributed by atoms with Gasteiger partial charge >= 0.3 is 5.97 Å². The molecule has 0 bridgehead atoms. The molecule has 0 spiro atoms. The third-order valence-electron chi connectivity index (χ3n) is 1.19. The van der Waals surface area contributed by atoms with Crippen molar-refractivity contribution in [2.24, 2.45) is 0 Å². The largest absolute Gasteiger partial charge is 0.480 e. The first-order valence-electron chi connectivity index (χ1n) is 3.64. The molecule has 5 nitrogen and oxygen atoms in total. The Kier molecular flexibility index (Phi) is 5.32. The summed E-state index contributed by atoms with van der Waals surface area (Å²) in [5.41, 5.74) is 0. The van der Waals surface area contributed by atoms with Gasteiger partial charge in [-0.05, 0) is 0 Å². The van der Waals surface area contributed by atoms with Crippen LogP contribution in [0.5, 0.6) is 0 Å². The third-order valence-corrected chi connectivity index (χ3v) is 1.19. The van der Waals surface area contributed by atoms with Crippen LogP contribution in [0.2, 0.25) is 0 Å². The highest BCUT2D eigenvalue weighted by atomic mass is 16.4. The molecule has 0 aromatic heterocycles. The minimum atomic E-state index is -1.14. The zero-order valence-corrected chi connectivity index (χ0v) is 7.20. The Morgan fingerprint density at radius 3 is 2.46 bits per heavy atom. The average Bonchev–Trinajstić information content (AvgIpc) is 2.02. The quantitative estimate of drug-likeness (QED) is 0.490. The number of carbonyl (C=O) groups excluding carboxylic acids is 1. The number of rotatable bonds is 3. The van der Waals surface area contributed by atoms with Gasteiger partial charge in [0.1, 0.15) is 12.6 Å². The molecule has 0 aliphatic carbocycles. The van der Waals surface area contributed by atoms with Crippen molar-refractivity contribution in [1.29, 1.82) is 0 Å². The molecule has 3 N–H and O–H groups in total. The summed E-state index contributed by atoms with van der Waals surface area (Å²) in [5.74, 6) is 3.17. The third kappa shape index (κ3) is 5.70. The van der Waals surface area contributed by atoms with E-state index in [4.69, 9.17) is 10.2 Å². The van der Waals surface area contributed by atoms with Gasteiger partial charge in [0, 0.05) is 13.3 Å². The second-order valence-electron chi connectivity index (χ2n) is 2.31. The number of carboxylic acids is 1. The fourth-order valence-corrected chi connectivity index (χ4v) is 0.676. The molecular weight excluding hydrogens is 174 g/mol. The van der Waals surface area contributed by atoms with E-state index in [2.05, 4.69) is 17.2 Å². The van der Waals surface area contributed by atoms with Gasteiger partial charge in [-0.25, -0.2) is 4.79 Å². The van der Waals surface area contributed by atoms with Gasteiger partial charge in [-0.15, -0.1) is 0 Å². The highest BCUT2D eigenvalue weighted by Gasteiger charge is 2.16. The maximum atomic E-state index is 10.5. The van der Waals surface area contributed by atoms with Gasteiger partial charge in [0.15, 0.2) is 0 Å². The van der Waals surface area contributed by atoms with Crippen LogP contribution in [0, 0.1) is 11.8 Å². The Bertz CT molecular complexity index is 251. The number of carbonyl (C=O) groups is 2.